The fourth-order valence-corrected chi connectivity index (χ4v) is 2.19. The van der Waals surface area contributed by atoms with Crippen molar-refractivity contribution in [3.05, 3.63) is 28.3 Å². The number of nitrogens with zero attached hydrogens (tertiary/aromatic N) is 2. The highest BCUT2D eigenvalue weighted by molar-refractivity contribution is 6.33. The first-order chi connectivity index (χ1) is 7.06. The number of anilines is 1. The maximum absolute atomic E-state index is 8.54. The van der Waals surface area contributed by atoms with Crippen molar-refractivity contribution >= 4 is 17.3 Å². The summed E-state index contributed by atoms with van der Waals surface area (Å²) in [6, 6.07) is 6.19. The van der Waals surface area contributed by atoms with Crippen LogP contribution in [0.5, 0.6) is 0 Å². The molecular weight excluding hydrogens is 208 g/mol. The van der Waals surface area contributed by atoms with E-state index in [4.69, 9.17) is 16.9 Å². The van der Waals surface area contributed by atoms with E-state index in [9.17, 15) is 0 Å². The Hall–Kier alpha value is -1.20. The molecule has 0 fully saturated rings. The summed E-state index contributed by atoms with van der Waals surface area (Å²) in [5.74, 6) is 0. The first-order valence-corrected chi connectivity index (χ1v) is 5.29. The molecule has 0 atom stereocenters. The van der Waals surface area contributed by atoms with E-state index in [0.29, 0.717) is 13.0 Å². The second-order valence-corrected chi connectivity index (χ2v) is 4.15. The quantitative estimate of drug-likeness (QED) is 0.785. The van der Waals surface area contributed by atoms with Crippen LogP contribution in [0.2, 0.25) is 5.02 Å². The summed E-state index contributed by atoms with van der Waals surface area (Å²) >= 11 is 6.18. The van der Waals surface area contributed by atoms with Crippen molar-refractivity contribution in [1.29, 1.82) is 5.26 Å². The predicted molar refractivity (Wildman–Crippen MR) is 64.4 cm³/mol. The van der Waals surface area contributed by atoms with Crippen molar-refractivity contribution in [2.75, 3.05) is 18.5 Å². The highest BCUT2D eigenvalue weighted by Crippen LogP contribution is 2.30. The maximum atomic E-state index is 8.54. The molecule has 0 radical (unpaired) electrons. The molecule has 15 heavy (non-hydrogen) atoms. The first kappa shape index (κ1) is 11.9. The zero-order chi connectivity index (χ0) is 11.4. The van der Waals surface area contributed by atoms with Crippen molar-refractivity contribution in [2.45, 2.75) is 20.3 Å². The Bertz CT molecular complexity index is 370. The molecule has 0 N–H and O–H groups in total. The molecule has 0 heterocycles. The summed E-state index contributed by atoms with van der Waals surface area (Å²) in [5.41, 5.74) is 3.34. The zero-order valence-electron chi connectivity index (χ0n) is 9.34. The van der Waals surface area contributed by atoms with Crippen LogP contribution in [0.25, 0.3) is 0 Å². The molecule has 3 heteroatoms. The van der Waals surface area contributed by atoms with Gasteiger partial charge in [0.25, 0.3) is 0 Å². The van der Waals surface area contributed by atoms with Gasteiger partial charge in [0.15, 0.2) is 0 Å². The van der Waals surface area contributed by atoms with E-state index in [2.05, 4.69) is 12.1 Å². The molecular formula is C12H15ClN2. The van der Waals surface area contributed by atoms with Crippen LogP contribution in [0.15, 0.2) is 12.1 Å². The van der Waals surface area contributed by atoms with Gasteiger partial charge in [-0.2, -0.15) is 5.26 Å². The molecule has 0 amide bonds. The summed E-state index contributed by atoms with van der Waals surface area (Å²) in [6.45, 7) is 4.77. The SMILES string of the molecule is Cc1cc(C)c(N(C)CCC#N)c(Cl)c1. The van der Waals surface area contributed by atoms with Crippen LogP contribution in [-0.2, 0) is 0 Å². The molecule has 1 aromatic rings. The topological polar surface area (TPSA) is 27.0 Å². The minimum Gasteiger partial charge on any atom is -0.372 e. The second kappa shape index (κ2) is 5.04. The van der Waals surface area contributed by atoms with Gasteiger partial charge in [-0.25, -0.2) is 0 Å². The van der Waals surface area contributed by atoms with Gasteiger partial charge < -0.3 is 4.90 Å². The summed E-state index contributed by atoms with van der Waals surface area (Å²) in [5, 5.41) is 9.29. The first-order valence-electron chi connectivity index (χ1n) is 4.91. The molecule has 0 aliphatic rings. The lowest BCUT2D eigenvalue weighted by molar-refractivity contribution is 0.900. The lowest BCUT2D eigenvalue weighted by atomic mass is 10.1. The molecule has 0 bridgehead atoms. The third-order valence-corrected chi connectivity index (χ3v) is 2.63. The highest BCUT2D eigenvalue weighted by atomic mass is 35.5. The van der Waals surface area contributed by atoms with Crippen LogP contribution in [-0.4, -0.2) is 13.6 Å². The standard InChI is InChI=1S/C12H15ClN2/c1-9-7-10(2)12(11(13)8-9)15(3)6-4-5-14/h7-8H,4,6H2,1-3H3. The number of nitriles is 1. The molecule has 0 aromatic heterocycles. The van der Waals surface area contributed by atoms with Gasteiger partial charge in [-0.3, -0.25) is 0 Å². The number of rotatable bonds is 3. The van der Waals surface area contributed by atoms with Gasteiger partial charge in [0.05, 0.1) is 23.2 Å². The van der Waals surface area contributed by atoms with Crippen LogP contribution in [0.3, 0.4) is 0 Å². The fraction of sp³-hybridized carbons (Fsp3) is 0.417. The van der Waals surface area contributed by atoms with Crippen LogP contribution in [0.4, 0.5) is 5.69 Å². The third-order valence-electron chi connectivity index (χ3n) is 2.34. The number of aryl methyl sites for hydroxylation is 2. The van der Waals surface area contributed by atoms with Gasteiger partial charge in [-0.1, -0.05) is 17.7 Å². The Morgan fingerprint density at radius 1 is 1.40 bits per heavy atom. The molecule has 80 valence electrons. The van der Waals surface area contributed by atoms with Gasteiger partial charge in [-0.15, -0.1) is 0 Å². The van der Waals surface area contributed by atoms with E-state index < -0.39 is 0 Å². The van der Waals surface area contributed by atoms with Gasteiger partial charge in [0.1, 0.15) is 0 Å². The average Bonchev–Trinajstić information content (AvgIpc) is 2.12. The molecule has 1 rings (SSSR count). The molecule has 0 spiro atoms. The number of halogens is 1. The molecule has 0 aliphatic heterocycles. The number of benzene rings is 1. The minimum atomic E-state index is 0.514. The van der Waals surface area contributed by atoms with Crippen LogP contribution >= 0.6 is 11.6 Å². The Balaban J connectivity index is 2.99. The zero-order valence-corrected chi connectivity index (χ0v) is 10.1. The van der Waals surface area contributed by atoms with E-state index in [1.54, 1.807) is 0 Å². The number of hydrogen-bond donors (Lipinski definition) is 0. The molecule has 0 saturated carbocycles. The summed E-state index contributed by atoms with van der Waals surface area (Å²) in [7, 11) is 1.96. The Labute approximate surface area is 96.1 Å². The van der Waals surface area contributed by atoms with E-state index in [0.717, 1.165) is 21.8 Å². The van der Waals surface area contributed by atoms with Gasteiger partial charge >= 0.3 is 0 Å². The smallest absolute Gasteiger partial charge is 0.0644 e. The van der Waals surface area contributed by atoms with E-state index >= 15 is 0 Å². The van der Waals surface area contributed by atoms with Gasteiger partial charge in [0, 0.05) is 13.6 Å². The van der Waals surface area contributed by atoms with Crippen LogP contribution in [0, 0.1) is 25.2 Å². The van der Waals surface area contributed by atoms with Crippen molar-refractivity contribution in [1.82, 2.24) is 0 Å². The molecule has 0 saturated heterocycles. The molecule has 2 nitrogen and oxygen atoms in total. The fourth-order valence-electron chi connectivity index (χ4n) is 1.72. The van der Waals surface area contributed by atoms with Crippen molar-refractivity contribution in [3.8, 4) is 6.07 Å². The van der Waals surface area contributed by atoms with E-state index in [1.807, 2.05) is 31.9 Å². The summed E-state index contributed by atoms with van der Waals surface area (Å²) < 4.78 is 0. The molecule has 0 aliphatic carbocycles. The van der Waals surface area contributed by atoms with Crippen molar-refractivity contribution in [2.24, 2.45) is 0 Å². The second-order valence-electron chi connectivity index (χ2n) is 3.74. The monoisotopic (exact) mass is 222 g/mol. The third kappa shape index (κ3) is 2.87. The lowest BCUT2D eigenvalue weighted by Crippen LogP contribution is -2.19. The maximum Gasteiger partial charge on any atom is 0.0644 e. The largest absolute Gasteiger partial charge is 0.372 e. The molecule has 1 aromatic carbocycles. The van der Waals surface area contributed by atoms with Gasteiger partial charge in [0.2, 0.25) is 0 Å². The average molecular weight is 223 g/mol. The Morgan fingerprint density at radius 3 is 2.60 bits per heavy atom. The van der Waals surface area contributed by atoms with E-state index in [1.165, 1.54) is 0 Å². The van der Waals surface area contributed by atoms with Crippen LogP contribution < -0.4 is 4.90 Å². The van der Waals surface area contributed by atoms with Crippen molar-refractivity contribution in [3.63, 3.8) is 0 Å². The number of hydrogen-bond acceptors (Lipinski definition) is 2. The Morgan fingerprint density at radius 2 is 2.07 bits per heavy atom. The molecule has 0 unspecified atom stereocenters. The predicted octanol–water partition coefficient (Wildman–Crippen LogP) is 3.31. The minimum absolute atomic E-state index is 0.514. The lowest BCUT2D eigenvalue weighted by Gasteiger charge is -2.22. The summed E-state index contributed by atoms with van der Waals surface area (Å²) in [6.07, 6.45) is 0.514. The summed E-state index contributed by atoms with van der Waals surface area (Å²) in [4.78, 5) is 2.03. The highest BCUT2D eigenvalue weighted by Gasteiger charge is 2.09. The Kier molecular flexibility index (Phi) is 3.99. The normalized spacial score (nSPS) is 9.80. The van der Waals surface area contributed by atoms with E-state index in [-0.39, 0.29) is 0 Å². The van der Waals surface area contributed by atoms with Crippen LogP contribution in [0.1, 0.15) is 17.5 Å². The van der Waals surface area contributed by atoms with Gasteiger partial charge in [-0.05, 0) is 31.0 Å². The van der Waals surface area contributed by atoms with Crippen molar-refractivity contribution < 1.29 is 0 Å².